The highest BCUT2D eigenvalue weighted by molar-refractivity contribution is 5.79. The van der Waals surface area contributed by atoms with Crippen LogP contribution in [0.1, 0.15) is 68.3 Å². The number of nitrogens with one attached hydrogen (secondary N) is 1. The molecule has 2 aromatic rings. The van der Waals surface area contributed by atoms with Crippen molar-refractivity contribution in [3.63, 3.8) is 0 Å². The topological polar surface area (TPSA) is 90.8 Å². The molecule has 1 atom stereocenters. The van der Waals surface area contributed by atoms with Crippen molar-refractivity contribution in [3.05, 3.63) is 45.5 Å². The van der Waals surface area contributed by atoms with Gasteiger partial charge in [-0.25, -0.2) is 9.50 Å². The Balaban J connectivity index is 1.31. The van der Waals surface area contributed by atoms with E-state index in [0.717, 1.165) is 56.6 Å². The third-order valence-corrected chi connectivity index (χ3v) is 7.30. The standard InChI is InChI=1S/C24H31N5O3/c1-2-22(30)28-13-10-19-18(15-28)24(32)29-21(25-19)14-20(26-29)16-8-11-27(12-9-16)23(31)17-6-4-3-5-7-17/h3-4,14,16-17,26H,2,5-13,15H2,1H3/t17-/m1/s1. The van der Waals surface area contributed by atoms with E-state index in [1.54, 1.807) is 4.90 Å². The van der Waals surface area contributed by atoms with E-state index in [1.165, 1.54) is 4.52 Å². The van der Waals surface area contributed by atoms with Crippen LogP contribution in [0, 0.1) is 5.92 Å². The third kappa shape index (κ3) is 3.76. The van der Waals surface area contributed by atoms with E-state index in [4.69, 9.17) is 4.98 Å². The molecule has 2 aliphatic heterocycles. The van der Waals surface area contributed by atoms with E-state index in [1.807, 2.05) is 17.9 Å². The number of piperidine rings is 1. The molecule has 2 amide bonds. The van der Waals surface area contributed by atoms with E-state index in [2.05, 4.69) is 17.3 Å². The number of carbonyl (C=O) groups excluding carboxylic acids is 2. The van der Waals surface area contributed by atoms with Crippen molar-refractivity contribution in [1.82, 2.24) is 24.4 Å². The average molecular weight is 438 g/mol. The number of hydrogen-bond acceptors (Lipinski definition) is 4. The van der Waals surface area contributed by atoms with Gasteiger partial charge in [-0.15, -0.1) is 0 Å². The second kappa shape index (κ2) is 8.56. The van der Waals surface area contributed by atoms with Crippen LogP contribution in [-0.4, -0.2) is 55.8 Å². The molecular formula is C24H31N5O3. The molecule has 1 fully saturated rings. The molecule has 1 aliphatic carbocycles. The second-order valence-corrected chi connectivity index (χ2v) is 9.25. The number of hydrogen-bond donors (Lipinski definition) is 1. The number of allylic oxidation sites excluding steroid dienone is 2. The highest BCUT2D eigenvalue weighted by atomic mass is 16.2. The predicted octanol–water partition coefficient (Wildman–Crippen LogP) is 2.38. The summed E-state index contributed by atoms with van der Waals surface area (Å²) in [6, 6.07) is 1.99. The Morgan fingerprint density at radius 2 is 1.94 bits per heavy atom. The zero-order valence-electron chi connectivity index (χ0n) is 18.7. The zero-order chi connectivity index (χ0) is 22.2. The van der Waals surface area contributed by atoms with Crippen molar-refractivity contribution in [2.24, 2.45) is 5.92 Å². The van der Waals surface area contributed by atoms with Crippen molar-refractivity contribution < 1.29 is 9.59 Å². The van der Waals surface area contributed by atoms with Gasteiger partial charge >= 0.3 is 0 Å². The Hall–Kier alpha value is -2.90. The summed E-state index contributed by atoms with van der Waals surface area (Å²) in [5.41, 5.74) is 2.97. The minimum atomic E-state index is -0.108. The van der Waals surface area contributed by atoms with Crippen LogP contribution in [0.15, 0.2) is 23.0 Å². The van der Waals surface area contributed by atoms with Crippen molar-refractivity contribution in [2.75, 3.05) is 19.6 Å². The van der Waals surface area contributed by atoms with Gasteiger partial charge in [0, 0.05) is 56.1 Å². The Morgan fingerprint density at radius 1 is 1.12 bits per heavy atom. The first kappa shape index (κ1) is 21.0. The summed E-state index contributed by atoms with van der Waals surface area (Å²) < 4.78 is 1.53. The maximum Gasteiger partial charge on any atom is 0.277 e. The van der Waals surface area contributed by atoms with Gasteiger partial charge in [0.2, 0.25) is 11.8 Å². The SMILES string of the molecule is CCC(=O)N1CCc2nc3cc(C4CCN(C(=O)[C@@H]5CC=CCC5)CC4)[nH]n3c(=O)c2C1. The van der Waals surface area contributed by atoms with Crippen molar-refractivity contribution >= 4 is 17.5 Å². The van der Waals surface area contributed by atoms with E-state index in [0.29, 0.717) is 43.0 Å². The largest absolute Gasteiger partial charge is 0.342 e. The summed E-state index contributed by atoms with van der Waals surface area (Å²) in [7, 11) is 0. The molecule has 0 radical (unpaired) electrons. The summed E-state index contributed by atoms with van der Waals surface area (Å²) in [5.74, 6) is 0.776. The molecule has 5 rings (SSSR count). The minimum absolute atomic E-state index is 0.0675. The van der Waals surface area contributed by atoms with Crippen LogP contribution in [0.25, 0.3) is 5.65 Å². The quantitative estimate of drug-likeness (QED) is 0.747. The minimum Gasteiger partial charge on any atom is -0.342 e. The fourth-order valence-corrected chi connectivity index (χ4v) is 5.33. The average Bonchev–Trinajstić information content (AvgIpc) is 3.28. The highest BCUT2D eigenvalue weighted by Crippen LogP contribution is 2.30. The molecule has 3 aliphatic rings. The normalized spacial score (nSPS) is 21.7. The molecule has 8 heteroatoms. The summed E-state index contributed by atoms with van der Waals surface area (Å²) in [5, 5.41) is 3.27. The third-order valence-electron chi connectivity index (χ3n) is 7.30. The summed E-state index contributed by atoms with van der Waals surface area (Å²) in [4.78, 5) is 46.6. The number of fused-ring (bicyclic) bond motifs is 2. The lowest BCUT2D eigenvalue weighted by Gasteiger charge is -2.34. The maximum atomic E-state index is 13.1. The molecular weight excluding hydrogens is 406 g/mol. The molecule has 32 heavy (non-hydrogen) atoms. The molecule has 2 aromatic heterocycles. The van der Waals surface area contributed by atoms with Crippen molar-refractivity contribution in [1.29, 1.82) is 0 Å². The first-order valence-corrected chi connectivity index (χ1v) is 11.9. The number of carbonyl (C=O) groups is 2. The van der Waals surface area contributed by atoms with Crippen LogP contribution in [0.5, 0.6) is 0 Å². The monoisotopic (exact) mass is 437 g/mol. The Morgan fingerprint density at radius 3 is 2.66 bits per heavy atom. The van der Waals surface area contributed by atoms with Gasteiger partial charge in [0.05, 0.1) is 17.8 Å². The number of H-pyrrole nitrogens is 1. The molecule has 0 unspecified atom stereocenters. The fraction of sp³-hybridized carbons (Fsp3) is 0.583. The summed E-state index contributed by atoms with van der Waals surface area (Å²) >= 11 is 0. The Kier molecular flexibility index (Phi) is 5.61. The van der Waals surface area contributed by atoms with Crippen LogP contribution in [-0.2, 0) is 22.6 Å². The first-order valence-electron chi connectivity index (χ1n) is 11.9. The van der Waals surface area contributed by atoms with Crippen LogP contribution in [0.2, 0.25) is 0 Å². The van der Waals surface area contributed by atoms with E-state index >= 15 is 0 Å². The first-order chi connectivity index (χ1) is 15.5. The Labute approximate surface area is 187 Å². The molecule has 8 nitrogen and oxygen atoms in total. The number of aromatic nitrogens is 3. The lowest BCUT2D eigenvalue weighted by molar-refractivity contribution is -0.137. The van der Waals surface area contributed by atoms with Crippen LogP contribution < -0.4 is 5.56 Å². The number of aromatic amines is 1. The highest BCUT2D eigenvalue weighted by Gasteiger charge is 2.30. The van der Waals surface area contributed by atoms with Gasteiger partial charge in [0.15, 0.2) is 5.65 Å². The van der Waals surface area contributed by atoms with Gasteiger partial charge in [0.1, 0.15) is 0 Å². The molecule has 0 saturated carbocycles. The smallest absolute Gasteiger partial charge is 0.277 e. The lowest BCUT2D eigenvalue weighted by atomic mass is 9.90. The Bertz CT molecular complexity index is 1120. The summed E-state index contributed by atoms with van der Waals surface area (Å²) in [6.45, 7) is 4.30. The van der Waals surface area contributed by atoms with Gasteiger partial charge in [-0.05, 0) is 32.1 Å². The number of likely N-dealkylation sites (tertiary alicyclic amines) is 1. The van der Waals surface area contributed by atoms with Crippen LogP contribution in [0.4, 0.5) is 0 Å². The molecule has 0 aromatic carbocycles. The zero-order valence-corrected chi connectivity index (χ0v) is 18.7. The number of amides is 2. The van der Waals surface area contributed by atoms with Crippen molar-refractivity contribution in [2.45, 2.75) is 64.3 Å². The molecule has 1 saturated heterocycles. The van der Waals surface area contributed by atoms with Gasteiger partial charge in [-0.1, -0.05) is 19.1 Å². The van der Waals surface area contributed by atoms with Gasteiger partial charge in [0.25, 0.3) is 5.56 Å². The number of nitrogens with zero attached hydrogens (tertiary/aromatic N) is 4. The van der Waals surface area contributed by atoms with E-state index in [-0.39, 0.29) is 23.3 Å². The molecule has 0 spiro atoms. The molecule has 170 valence electrons. The fourth-order valence-electron chi connectivity index (χ4n) is 5.33. The van der Waals surface area contributed by atoms with Gasteiger partial charge < -0.3 is 9.80 Å². The lowest BCUT2D eigenvalue weighted by Crippen LogP contribution is -2.41. The van der Waals surface area contributed by atoms with Gasteiger partial charge in [-0.2, -0.15) is 0 Å². The molecule has 4 heterocycles. The summed E-state index contributed by atoms with van der Waals surface area (Å²) in [6.07, 6.45) is 9.94. The molecule has 0 bridgehead atoms. The van der Waals surface area contributed by atoms with E-state index in [9.17, 15) is 14.4 Å². The number of rotatable bonds is 3. The van der Waals surface area contributed by atoms with Crippen LogP contribution >= 0.6 is 0 Å². The van der Waals surface area contributed by atoms with Crippen molar-refractivity contribution in [3.8, 4) is 0 Å². The second-order valence-electron chi connectivity index (χ2n) is 9.25. The van der Waals surface area contributed by atoms with Crippen LogP contribution in [0.3, 0.4) is 0 Å². The predicted molar refractivity (Wildman–Crippen MR) is 120 cm³/mol. The molecule has 1 N–H and O–H groups in total. The maximum absolute atomic E-state index is 13.1. The van der Waals surface area contributed by atoms with Gasteiger partial charge in [-0.3, -0.25) is 19.5 Å². The van der Waals surface area contributed by atoms with E-state index < -0.39 is 0 Å².